The molecular formula is C36H46N6O5S. The van der Waals surface area contributed by atoms with E-state index in [0.29, 0.717) is 24.6 Å². The summed E-state index contributed by atoms with van der Waals surface area (Å²) in [4.78, 5) is 22.8. The van der Waals surface area contributed by atoms with Crippen molar-refractivity contribution in [3.63, 3.8) is 0 Å². The number of sulfonamides is 1. The second-order valence-corrected chi connectivity index (χ2v) is 15.2. The summed E-state index contributed by atoms with van der Waals surface area (Å²) in [6.07, 6.45) is 2.95. The van der Waals surface area contributed by atoms with Gasteiger partial charge in [0.1, 0.15) is 0 Å². The highest BCUT2D eigenvalue weighted by Gasteiger charge is 2.27. The van der Waals surface area contributed by atoms with Crippen molar-refractivity contribution in [2.24, 2.45) is 0 Å². The minimum atomic E-state index is -3.61. The van der Waals surface area contributed by atoms with Crippen LogP contribution in [-0.4, -0.2) is 83.0 Å². The molecule has 1 aliphatic heterocycles. The number of nitrogens with one attached hydrogen (secondary N) is 3. The van der Waals surface area contributed by atoms with Crippen LogP contribution in [0.2, 0.25) is 0 Å². The number of urea groups is 1. The number of anilines is 3. The van der Waals surface area contributed by atoms with Crippen LogP contribution in [0.25, 0.3) is 10.8 Å². The number of carbonyl (C=O) groups is 1. The molecule has 2 amide bonds. The molecule has 1 fully saturated rings. The number of rotatable bonds is 10. The van der Waals surface area contributed by atoms with Crippen LogP contribution < -0.4 is 20.1 Å². The average Bonchev–Trinajstić information content (AvgIpc) is 3.01. The summed E-state index contributed by atoms with van der Waals surface area (Å²) >= 11 is 0. The number of methoxy groups -OCH3 is 1. The predicted molar refractivity (Wildman–Crippen MR) is 193 cm³/mol. The van der Waals surface area contributed by atoms with Gasteiger partial charge in [0.15, 0.2) is 5.75 Å². The second kappa shape index (κ2) is 14.5. The van der Waals surface area contributed by atoms with Crippen molar-refractivity contribution in [2.45, 2.75) is 38.8 Å². The summed E-state index contributed by atoms with van der Waals surface area (Å²) in [5.41, 5.74) is 4.97. The van der Waals surface area contributed by atoms with Gasteiger partial charge in [-0.15, -0.1) is 0 Å². The Morgan fingerprint density at radius 3 is 2.29 bits per heavy atom. The van der Waals surface area contributed by atoms with E-state index in [1.165, 1.54) is 7.11 Å². The highest BCUT2D eigenvalue weighted by Crippen LogP contribution is 2.40. The summed E-state index contributed by atoms with van der Waals surface area (Å²) in [5, 5.41) is 7.85. The van der Waals surface area contributed by atoms with Gasteiger partial charge in [0, 0.05) is 31.2 Å². The van der Waals surface area contributed by atoms with E-state index in [2.05, 4.69) is 54.4 Å². The smallest absolute Gasteiger partial charge is 0.323 e. The molecule has 2 heterocycles. The summed E-state index contributed by atoms with van der Waals surface area (Å²) < 4.78 is 38.2. The quantitative estimate of drug-likeness (QED) is 0.186. The fraction of sp³-hybridized carbons (Fsp3) is 0.389. The number of fused-ring (bicyclic) bond motifs is 1. The van der Waals surface area contributed by atoms with Crippen LogP contribution in [0.5, 0.6) is 5.75 Å². The van der Waals surface area contributed by atoms with E-state index in [0.717, 1.165) is 59.0 Å². The van der Waals surface area contributed by atoms with Crippen molar-refractivity contribution < 1.29 is 22.7 Å². The lowest BCUT2D eigenvalue weighted by molar-refractivity contribution is 0.0241. The van der Waals surface area contributed by atoms with Crippen LogP contribution in [-0.2, 0) is 26.7 Å². The summed E-state index contributed by atoms with van der Waals surface area (Å²) in [6.45, 7) is 9.66. The van der Waals surface area contributed by atoms with E-state index in [-0.39, 0.29) is 22.9 Å². The van der Waals surface area contributed by atoms with Crippen molar-refractivity contribution in [1.29, 1.82) is 0 Å². The Morgan fingerprint density at radius 2 is 1.65 bits per heavy atom. The molecule has 0 bridgehead atoms. The van der Waals surface area contributed by atoms with Crippen molar-refractivity contribution in [3.05, 3.63) is 89.2 Å². The molecule has 0 aliphatic carbocycles. The Hall–Kier alpha value is -4.23. The molecule has 0 spiro atoms. The summed E-state index contributed by atoms with van der Waals surface area (Å²) in [6, 6.07) is 19.3. The molecule has 256 valence electrons. The molecule has 11 nitrogen and oxygen atoms in total. The number of carbonyl (C=O) groups excluding carboxylic acids is 1. The molecule has 1 unspecified atom stereocenters. The first kappa shape index (κ1) is 35.1. The van der Waals surface area contributed by atoms with Crippen LogP contribution >= 0.6 is 0 Å². The highest BCUT2D eigenvalue weighted by atomic mass is 32.2. The van der Waals surface area contributed by atoms with Gasteiger partial charge in [-0.05, 0) is 71.9 Å². The SMILES string of the molecule is COc1c(NC(=O)Nc2ccc(C(c3ccnc(CN(C)C)c3)N3CCOCC3)c3ccccc23)cc(C(C)(C)C)cc1NS(C)(=O)=O. The Bertz CT molecular complexity index is 1880. The van der Waals surface area contributed by atoms with Gasteiger partial charge in [-0.1, -0.05) is 51.1 Å². The maximum absolute atomic E-state index is 13.6. The van der Waals surface area contributed by atoms with E-state index >= 15 is 0 Å². The molecule has 1 atom stereocenters. The van der Waals surface area contributed by atoms with Crippen molar-refractivity contribution in [2.75, 3.05) is 69.1 Å². The fourth-order valence-corrected chi connectivity index (χ4v) is 6.65. The number of nitrogens with zero attached hydrogens (tertiary/aromatic N) is 3. The average molecular weight is 675 g/mol. The van der Waals surface area contributed by atoms with Gasteiger partial charge >= 0.3 is 6.03 Å². The van der Waals surface area contributed by atoms with Gasteiger partial charge in [0.2, 0.25) is 10.0 Å². The lowest BCUT2D eigenvalue weighted by atomic mass is 9.86. The zero-order valence-corrected chi connectivity index (χ0v) is 29.6. The molecule has 1 aliphatic rings. The zero-order valence-electron chi connectivity index (χ0n) is 28.8. The van der Waals surface area contributed by atoms with Gasteiger partial charge in [-0.3, -0.25) is 14.6 Å². The summed E-state index contributed by atoms with van der Waals surface area (Å²) in [7, 11) is 1.89. The van der Waals surface area contributed by atoms with Crippen molar-refractivity contribution in [1.82, 2.24) is 14.8 Å². The maximum atomic E-state index is 13.6. The lowest BCUT2D eigenvalue weighted by Crippen LogP contribution is -2.39. The van der Waals surface area contributed by atoms with Crippen LogP contribution in [0.3, 0.4) is 0 Å². The minimum Gasteiger partial charge on any atom is -0.492 e. The molecule has 3 N–H and O–H groups in total. The maximum Gasteiger partial charge on any atom is 0.323 e. The molecule has 0 radical (unpaired) electrons. The van der Waals surface area contributed by atoms with Crippen molar-refractivity contribution in [3.8, 4) is 5.75 Å². The van der Waals surface area contributed by atoms with Crippen LogP contribution in [0.15, 0.2) is 66.9 Å². The third-order valence-electron chi connectivity index (χ3n) is 8.25. The van der Waals surface area contributed by atoms with E-state index in [1.807, 2.05) is 65.3 Å². The number of pyridine rings is 1. The van der Waals surface area contributed by atoms with Gasteiger partial charge in [0.05, 0.1) is 55.4 Å². The normalized spacial score (nSPS) is 14.9. The van der Waals surface area contributed by atoms with Crippen LogP contribution in [0.1, 0.15) is 49.2 Å². The molecular weight excluding hydrogens is 629 g/mol. The van der Waals surface area contributed by atoms with E-state index in [4.69, 9.17) is 9.47 Å². The van der Waals surface area contributed by atoms with Crippen LogP contribution in [0, 0.1) is 0 Å². The van der Waals surface area contributed by atoms with Gasteiger partial charge in [-0.25, -0.2) is 13.2 Å². The number of hydrogen-bond donors (Lipinski definition) is 3. The number of ether oxygens (including phenoxy) is 2. The van der Waals surface area contributed by atoms with Gasteiger partial charge < -0.3 is 25.0 Å². The topological polar surface area (TPSA) is 125 Å². The molecule has 48 heavy (non-hydrogen) atoms. The van der Waals surface area contributed by atoms with E-state index in [9.17, 15) is 13.2 Å². The Labute approximate surface area is 283 Å². The number of benzene rings is 3. The molecule has 4 aromatic rings. The van der Waals surface area contributed by atoms with Crippen molar-refractivity contribution >= 4 is 43.9 Å². The first-order chi connectivity index (χ1) is 22.7. The highest BCUT2D eigenvalue weighted by molar-refractivity contribution is 7.92. The fourth-order valence-electron chi connectivity index (χ4n) is 6.10. The first-order valence-electron chi connectivity index (χ1n) is 15.9. The standard InChI is InChI=1S/C36H46N6O5S/c1-36(2,3)25-21-31(34(46-6)32(22-25)40-48(7,44)45)39-35(43)38-30-13-12-29(27-10-8-9-11-28(27)30)33(42-16-18-47-19-17-42)24-14-15-37-26(20-24)23-41(4)5/h8-15,20-22,33,40H,16-19,23H2,1-7H3,(H2,38,39,43). The number of amides is 2. The van der Waals surface area contributed by atoms with Gasteiger partial charge in [-0.2, -0.15) is 0 Å². The zero-order chi connectivity index (χ0) is 34.6. The lowest BCUT2D eigenvalue weighted by Gasteiger charge is -2.36. The molecule has 3 aromatic carbocycles. The molecule has 1 aromatic heterocycles. The molecule has 1 saturated heterocycles. The molecule has 5 rings (SSSR count). The molecule has 12 heteroatoms. The van der Waals surface area contributed by atoms with Crippen LogP contribution in [0.4, 0.5) is 21.9 Å². The third kappa shape index (κ3) is 8.43. The Morgan fingerprint density at radius 1 is 0.979 bits per heavy atom. The third-order valence-corrected chi connectivity index (χ3v) is 8.84. The number of morpholine rings is 1. The monoisotopic (exact) mass is 674 g/mol. The Balaban J connectivity index is 1.52. The summed E-state index contributed by atoms with van der Waals surface area (Å²) in [5.74, 6) is 0.211. The minimum absolute atomic E-state index is 0.0456. The van der Waals surface area contributed by atoms with E-state index < -0.39 is 16.1 Å². The van der Waals surface area contributed by atoms with E-state index in [1.54, 1.807) is 12.1 Å². The second-order valence-electron chi connectivity index (χ2n) is 13.4. The van der Waals surface area contributed by atoms with Gasteiger partial charge in [0.25, 0.3) is 0 Å². The largest absolute Gasteiger partial charge is 0.492 e. The number of hydrogen-bond acceptors (Lipinski definition) is 8. The Kier molecular flexibility index (Phi) is 10.6. The molecule has 0 saturated carbocycles. The predicted octanol–water partition coefficient (Wildman–Crippen LogP) is 6.04. The first-order valence-corrected chi connectivity index (χ1v) is 17.8. The number of aromatic nitrogens is 1.